The summed E-state index contributed by atoms with van der Waals surface area (Å²) in [5.74, 6) is 0. The van der Waals surface area contributed by atoms with Crippen LogP contribution in [0.3, 0.4) is 0 Å². The van der Waals surface area contributed by atoms with Crippen molar-refractivity contribution in [1.82, 2.24) is 0 Å². The molecule has 0 atom stereocenters. The number of hydrogen-bond acceptors (Lipinski definition) is 6. The van der Waals surface area contributed by atoms with Gasteiger partial charge in [0.15, 0.2) is 0 Å². The first-order valence-corrected chi connectivity index (χ1v) is 12.6. The molecular weight excluding hydrogens is 466 g/mol. The fourth-order valence-corrected chi connectivity index (χ4v) is 6.15. The second-order valence-corrected chi connectivity index (χ2v) is 9.41. The first-order valence-electron chi connectivity index (χ1n) is 8.41. The van der Waals surface area contributed by atoms with Crippen molar-refractivity contribution in [2.75, 3.05) is 0 Å². The second kappa shape index (κ2) is 10.5. The molecule has 3 aromatic carbocycles. The van der Waals surface area contributed by atoms with Crippen molar-refractivity contribution >= 4 is 69.1 Å². The van der Waals surface area contributed by atoms with E-state index in [0.717, 1.165) is 16.7 Å². The summed E-state index contributed by atoms with van der Waals surface area (Å²) in [7, 11) is 0. The van der Waals surface area contributed by atoms with Crippen LogP contribution in [0.15, 0.2) is 91.0 Å². The van der Waals surface area contributed by atoms with Gasteiger partial charge in [0.25, 0.3) is 0 Å². The molecule has 0 saturated carbocycles. The van der Waals surface area contributed by atoms with E-state index in [2.05, 4.69) is 0 Å². The molecular formula is C21H15GaO3S3. The molecule has 0 saturated heterocycles. The summed E-state index contributed by atoms with van der Waals surface area (Å²) in [4.78, 5) is 0. The summed E-state index contributed by atoms with van der Waals surface area (Å²) >= 11 is 12.8. The van der Waals surface area contributed by atoms with Crippen LogP contribution < -0.4 is 0 Å². The van der Waals surface area contributed by atoms with Crippen LogP contribution in [-0.2, 0) is 10.6 Å². The zero-order valence-corrected chi connectivity index (χ0v) is 19.6. The van der Waals surface area contributed by atoms with Crippen LogP contribution in [-0.4, -0.2) is 32.5 Å². The van der Waals surface area contributed by atoms with Gasteiger partial charge in [0, 0.05) is 0 Å². The second-order valence-electron chi connectivity index (χ2n) is 5.60. The van der Waals surface area contributed by atoms with Crippen LogP contribution in [0.2, 0.25) is 0 Å². The third-order valence-corrected chi connectivity index (χ3v) is 8.40. The van der Waals surface area contributed by atoms with Crippen LogP contribution in [0.1, 0.15) is 16.7 Å². The van der Waals surface area contributed by atoms with Crippen LogP contribution in [0.4, 0.5) is 0 Å². The van der Waals surface area contributed by atoms with E-state index in [9.17, 15) is 0 Å². The van der Waals surface area contributed by atoms with Gasteiger partial charge < -0.3 is 0 Å². The van der Waals surface area contributed by atoms with Gasteiger partial charge in [-0.3, -0.25) is 0 Å². The summed E-state index contributed by atoms with van der Waals surface area (Å²) < 4.78 is 17.8. The minimum absolute atomic E-state index is 0.303. The molecule has 3 nitrogen and oxygen atoms in total. The van der Waals surface area contributed by atoms with E-state index in [0.29, 0.717) is 15.2 Å². The molecule has 0 aliphatic heterocycles. The normalized spacial score (nSPS) is 9.86. The zero-order valence-electron chi connectivity index (χ0n) is 14.7. The fraction of sp³-hybridized carbons (Fsp3) is 0. The van der Waals surface area contributed by atoms with Crippen LogP contribution in [0, 0.1) is 0 Å². The molecule has 28 heavy (non-hydrogen) atoms. The van der Waals surface area contributed by atoms with Gasteiger partial charge in [0.05, 0.1) is 0 Å². The Morgan fingerprint density at radius 2 is 0.714 bits per heavy atom. The number of hydrogen-bond donors (Lipinski definition) is 0. The molecule has 0 unspecified atom stereocenters. The van der Waals surface area contributed by atoms with Gasteiger partial charge in [-0.1, -0.05) is 0 Å². The van der Waals surface area contributed by atoms with Crippen molar-refractivity contribution in [3.63, 3.8) is 0 Å². The summed E-state index contributed by atoms with van der Waals surface area (Å²) in [5, 5.41) is 0.909. The fourth-order valence-electron chi connectivity index (χ4n) is 2.26. The molecule has 0 radical (unpaired) electrons. The Labute approximate surface area is 186 Å². The maximum absolute atomic E-state index is 5.92. The van der Waals surface area contributed by atoms with E-state index in [1.807, 2.05) is 91.0 Å². The predicted molar refractivity (Wildman–Crippen MR) is 123 cm³/mol. The van der Waals surface area contributed by atoms with E-state index in [-0.39, 0.29) is 0 Å². The Bertz CT molecular complexity index is 823. The van der Waals surface area contributed by atoms with Crippen molar-refractivity contribution in [1.29, 1.82) is 0 Å². The van der Waals surface area contributed by atoms with Gasteiger partial charge in [-0.2, -0.15) is 0 Å². The molecule has 0 bridgehead atoms. The van der Waals surface area contributed by atoms with Crippen molar-refractivity contribution in [2.24, 2.45) is 0 Å². The Hall–Kier alpha value is -2.03. The van der Waals surface area contributed by atoms with Crippen LogP contribution in [0.25, 0.3) is 0 Å². The average molecular weight is 481 g/mol. The van der Waals surface area contributed by atoms with E-state index in [4.69, 9.17) is 47.2 Å². The molecule has 0 spiro atoms. The van der Waals surface area contributed by atoms with Crippen LogP contribution in [0.5, 0.6) is 0 Å². The van der Waals surface area contributed by atoms with Crippen molar-refractivity contribution in [3.05, 3.63) is 108 Å². The molecule has 7 heteroatoms. The third-order valence-electron chi connectivity index (χ3n) is 3.64. The van der Waals surface area contributed by atoms with Gasteiger partial charge in [0.2, 0.25) is 0 Å². The average Bonchev–Trinajstić information content (AvgIpc) is 2.75. The van der Waals surface area contributed by atoms with Crippen molar-refractivity contribution in [3.8, 4) is 0 Å². The minimum atomic E-state index is -3.41. The molecule has 3 aromatic rings. The molecule has 3 rings (SSSR count). The number of thiocarbonyl (C=S) groups is 3. The SMILES string of the molecule is S=C([O][Ga]([O]C(=S)c1ccccc1)[O]C(=S)c1ccccc1)c1ccccc1. The number of benzene rings is 3. The first-order chi connectivity index (χ1) is 13.6. The van der Waals surface area contributed by atoms with Crippen molar-refractivity contribution in [2.45, 2.75) is 0 Å². The van der Waals surface area contributed by atoms with Gasteiger partial charge in [0.1, 0.15) is 0 Å². The van der Waals surface area contributed by atoms with E-state index in [1.165, 1.54) is 0 Å². The Morgan fingerprint density at radius 3 is 0.964 bits per heavy atom. The molecule has 0 aliphatic rings. The Balaban J connectivity index is 1.76. The predicted octanol–water partition coefficient (Wildman–Crippen LogP) is 5.15. The first kappa shape index (κ1) is 20.7. The van der Waals surface area contributed by atoms with Gasteiger partial charge >= 0.3 is 187 Å². The standard InChI is InChI=1S/3C7H6OS.Ga/c3*8-7(9)6-4-2-1-3-5-6;/h3*1-5H,(H,8,9);/q;;;+3/p-3. The van der Waals surface area contributed by atoms with Crippen molar-refractivity contribution < 1.29 is 10.6 Å². The molecule has 138 valence electrons. The Kier molecular flexibility index (Phi) is 7.76. The van der Waals surface area contributed by atoms with Gasteiger partial charge in [-0.25, -0.2) is 0 Å². The monoisotopic (exact) mass is 480 g/mol. The molecule has 0 aromatic heterocycles. The maximum atomic E-state index is 5.92. The number of rotatable bonds is 6. The Morgan fingerprint density at radius 1 is 0.464 bits per heavy atom. The molecule has 0 amide bonds. The summed E-state index contributed by atoms with van der Waals surface area (Å²) in [6, 6.07) is 28.3. The molecule has 0 N–H and O–H groups in total. The van der Waals surface area contributed by atoms with E-state index < -0.39 is 17.3 Å². The van der Waals surface area contributed by atoms with Gasteiger partial charge in [-0.15, -0.1) is 0 Å². The molecule has 0 fully saturated rings. The topological polar surface area (TPSA) is 27.7 Å². The van der Waals surface area contributed by atoms with Crippen LogP contribution >= 0.6 is 36.7 Å². The summed E-state index contributed by atoms with van der Waals surface area (Å²) in [5.41, 5.74) is 2.32. The molecule has 0 heterocycles. The van der Waals surface area contributed by atoms with E-state index >= 15 is 0 Å². The van der Waals surface area contributed by atoms with E-state index in [1.54, 1.807) is 0 Å². The summed E-state index contributed by atoms with van der Waals surface area (Å²) in [6.07, 6.45) is 0. The van der Waals surface area contributed by atoms with Gasteiger partial charge in [-0.05, 0) is 0 Å². The quantitative estimate of drug-likeness (QED) is 0.358. The molecule has 0 aliphatic carbocycles. The summed E-state index contributed by atoms with van der Waals surface area (Å²) in [6.45, 7) is 0. The zero-order chi connectivity index (χ0) is 19.8. The third kappa shape index (κ3) is 5.98.